The molecule has 0 fully saturated rings. The van der Waals surface area contributed by atoms with Gasteiger partial charge in [-0.1, -0.05) is 11.6 Å². The zero-order valence-corrected chi connectivity index (χ0v) is 11.8. The second-order valence-corrected chi connectivity index (χ2v) is 6.50. The van der Waals surface area contributed by atoms with Crippen LogP contribution in [0, 0.1) is 11.3 Å². The highest BCUT2D eigenvalue weighted by Crippen LogP contribution is 2.24. The molecule has 0 unspecified atom stereocenters. The molecule has 5 nitrogen and oxygen atoms in total. The normalized spacial score (nSPS) is 11.0. The molecule has 0 bridgehead atoms. The molecular weight excluding hydrogens is 298 g/mol. The predicted molar refractivity (Wildman–Crippen MR) is 75.7 cm³/mol. The lowest BCUT2D eigenvalue weighted by atomic mass is 10.2. The summed E-state index contributed by atoms with van der Waals surface area (Å²) in [5.41, 5.74) is 6.54. The Kier molecular flexibility index (Phi) is 3.93. The molecule has 1 aromatic heterocycles. The summed E-state index contributed by atoms with van der Waals surface area (Å²) in [5, 5.41) is 8.94. The van der Waals surface area contributed by atoms with Gasteiger partial charge in [-0.15, -0.1) is 0 Å². The average Bonchev–Trinajstić information content (AvgIpc) is 2.41. The van der Waals surface area contributed by atoms with Gasteiger partial charge in [-0.25, -0.2) is 13.4 Å². The highest BCUT2D eigenvalue weighted by molar-refractivity contribution is 7.90. The van der Waals surface area contributed by atoms with Crippen LogP contribution >= 0.6 is 11.6 Å². The van der Waals surface area contributed by atoms with Gasteiger partial charge in [-0.05, 0) is 35.9 Å². The number of anilines is 1. The zero-order chi connectivity index (χ0) is 14.8. The number of nitrogen functional groups attached to an aromatic ring is 1. The van der Waals surface area contributed by atoms with Crippen molar-refractivity contribution in [1.82, 2.24) is 4.98 Å². The number of sulfone groups is 1. The maximum Gasteiger partial charge on any atom is 0.182 e. The number of nitrogens with two attached hydrogens (primary N) is 1. The fraction of sp³-hybridized carbons (Fsp3) is 0.0769. The lowest BCUT2D eigenvalue weighted by molar-refractivity contribution is 0.595. The lowest BCUT2D eigenvalue weighted by Crippen LogP contribution is -2.06. The van der Waals surface area contributed by atoms with E-state index in [1.807, 2.05) is 6.07 Å². The summed E-state index contributed by atoms with van der Waals surface area (Å²) < 4.78 is 24.5. The summed E-state index contributed by atoms with van der Waals surface area (Å²) in [6, 6.07) is 9.03. The predicted octanol–water partition coefficient (Wildman–Crippen LogP) is 2.16. The fourth-order valence-corrected chi connectivity index (χ4v) is 3.23. The zero-order valence-electron chi connectivity index (χ0n) is 10.2. The number of benzene rings is 1. The molecule has 20 heavy (non-hydrogen) atoms. The van der Waals surface area contributed by atoms with Crippen LogP contribution in [-0.2, 0) is 15.6 Å². The van der Waals surface area contributed by atoms with Crippen molar-refractivity contribution in [3.63, 3.8) is 0 Å². The minimum atomic E-state index is -3.55. The van der Waals surface area contributed by atoms with Gasteiger partial charge in [0, 0.05) is 6.20 Å². The molecule has 0 saturated heterocycles. The van der Waals surface area contributed by atoms with E-state index in [1.165, 1.54) is 30.5 Å². The van der Waals surface area contributed by atoms with Crippen molar-refractivity contribution in [2.75, 3.05) is 5.73 Å². The number of nitriles is 1. The van der Waals surface area contributed by atoms with Crippen LogP contribution in [0.4, 0.5) is 5.69 Å². The summed E-state index contributed by atoms with van der Waals surface area (Å²) in [7, 11) is -3.55. The van der Waals surface area contributed by atoms with Crippen LogP contribution in [0.5, 0.6) is 0 Å². The molecule has 0 saturated carbocycles. The molecule has 2 aromatic rings. The first kappa shape index (κ1) is 14.3. The van der Waals surface area contributed by atoms with E-state index in [1.54, 1.807) is 6.07 Å². The van der Waals surface area contributed by atoms with Crippen molar-refractivity contribution >= 4 is 27.1 Å². The second-order valence-electron chi connectivity index (χ2n) is 4.10. The van der Waals surface area contributed by atoms with Crippen molar-refractivity contribution in [1.29, 1.82) is 5.26 Å². The third kappa shape index (κ3) is 3.07. The summed E-state index contributed by atoms with van der Waals surface area (Å²) in [6.45, 7) is 0. The standard InChI is InChI=1S/C13H10ClN3O2S/c14-12-6-11(1-2-13(12)16)20(18,19)8-9-3-4-17-10(5-9)7-15/h1-6H,8,16H2. The minimum absolute atomic E-state index is 0.0898. The van der Waals surface area contributed by atoms with Crippen molar-refractivity contribution in [2.45, 2.75) is 10.6 Å². The second kappa shape index (κ2) is 5.49. The Morgan fingerprint density at radius 2 is 2.05 bits per heavy atom. The molecule has 0 radical (unpaired) electrons. The molecule has 0 aliphatic heterocycles. The van der Waals surface area contributed by atoms with Crippen LogP contribution in [-0.4, -0.2) is 13.4 Å². The van der Waals surface area contributed by atoms with E-state index in [9.17, 15) is 8.42 Å². The molecule has 7 heteroatoms. The lowest BCUT2D eigenvalue weighted by Gasteiger charge is -2.06. The van der Waals surface area contributed by atoms with Gasteiger partial charge in [0.25, 0.3) is 0 Å². The van der Waals surface area contributed by atoms with Crippen molar-refractivity contribution in [2.24, 2.45) is 0 Å². The fourth-order valence-electron chi connectivity index (χ4n) is 1.63. The van der Waals surface area contributed by atoms with Gasteiger partial charge in [-0.3, -0.25) is 0 Å². The molecule has 0 aliphatic carbocycles. The van der Waals surface area contributed by atoms with E-state index in [0.717, 1.165) is 0 Å². The summed E-state index contributed by atoms with van der Waals surface area (Å²) in [5.74, 6) is -0.232. The van der Waals surface area contributed by atoms with Crippen LogP contribution in [0.2, 0.25) is 5.02 Å². The number of hydrogen-bond acceptors (Lipinski definition) is 5. The van der Waals surface area contributed by atoms with Gasteiger partial charge in [0.05, 0.1) is 21.4 Å². The highest BCUT2D eigenvalue weighted by atomic mass is 35.5. The Morgan fingerprint density at radius 3 is 2.70 bits per heavy atom. The van der Waals surface area contributed by atoms with Crippen molar-refractivity contribution < 1.29 is 8.42 Å². The Balaban J connectivity index is 2.35. The summed E-state index contributed by atoms with van der Waals surface area (Å²) >= 11 is 5.83. The largest absolute Gasteiger partial charge is 0.398 e. The number of halogens is 1. The molecule has 2 N–H and O–H groups in total. The summed E-state index contributed by atoms with van der Waals surface area (Å²) in [6.07, 6.45) is 1.40. The van der Waals surface area contributed by atoms with E-state index < -0.39 is 9.84 Å². The Morgan fingerprint density at radius 1 is 1.30 bits per heavy atom. The third-order valence-corrected chi connectivity index (χ3v) is 4.64. The van der Waals surface area contributed by atoms with E-state index in [0.29, 0.717) is 11.3 Å². The molecular formula is C13H10ClN3O2S. The number of pyridine rings is 1. The smallest absolute Gasteiger partial charge is 0.182 e. The first-order chi connectivity index (χ1) is 9.42. The van der Waals surface area contributed by atoms with Gasteiger partial charge in [-0.2, -0.15) is 5.26 Å². The Labute approximate surface area is 121 Å². The van der Waals surface area contributed by atoms with E-state index >= 15 is 0 Å². The topological polar surface area (TPSA) is 96.8 Å². The molecule has 0 aliphatic rings. The van der Waals surface area contributed by atoms with Crippen LogP contribution < -0.4 is 5.73 Å². The van der Waals surface area contributed by atoms with Gasteiger partial charge in [0.15, 0.2) is 9.84 Å². The highest BCUT2D eigenvalue weighted by Gasteiger charge is 2.17. The van der Waals surface area contributed by atoms with Crippen molar-refractivity contribution in [3.05, 3.63) is 52.8 Å². The van der Waals surface area contributed by atoms with Crippen LogP contribution in [0.25, 0.3) is 0 Å². The van der Waals surface area contributed by atoms with Crippen LogP contribution in [0.3, 0.4) is 0 Å². The first-order valence-corrected chi connectivity index (χ1v) is 7.58. The molecule has 102 valence electrons. The monoisotopic (exact) mass is 307 g/mol. The number of rotatable bonds is 3. The van der Waals surface area contributed by atoms with Gasteiger partial charge >= 0.3 is 0 Å². The number of hydrogen-bond donors (Lipinski definition) is 1. The molecule has 0 amide bonds. The van der Waals surface area contributed by atoms with Crippen LogP contribution in [0.1, 0.15) is 11.3 Å². The Bertz CT molecular complexity index is 798. The molecule has 0 spiro atoms. The summed E-state index contributed by atoms with van der Waals surface area (Å²) in [4.78, 5) is 3.88. The molecule has 1 aromatic carbocycles. The average molecular weight is 308 g/mol. The maximum absolute atomic E-state index is 12.3. The molecule has 2 rings (SSSR count). The number of aromatic nitrogens is 1. The van der Waals surface area contributed by atoms with Gasteiger partial charge in [0.1, 0.15) is 11.8 Å². The minimum Gasteiger partial charge on any atom is -0.398 e. The Hall–Kier alpha value is -2.10. The van der Waals surface area contributed by atoms with Crippen molar-refractivity contribution in [3.8, 4) is 6.07 Å². The van der Waals surface area contributed by atoms with E-state index in [4.69, 9.17) is 22.6 Å². The third-order valence-electron chi connectivity index (χ3n) is 2.63. The van der Waals surface area contributed by atoms with E-state index in [-0.39, 0.29) is 21.4 Å². The van der Waals surface area contributed by atoms with Gasteiger partial charge < -0.3 is 5.73 Å². The number of nitrogens with zero attached hydrogens (tertiary/aromatic N) is 2. The molecule has 1 heterocycles. The van der Waals surface area contributed by atoms with Gasteiger partial charge in [0.2, 0.25) is 0 Å². The maximum atomic E-state index is 12.3. The molecule has 0 atom stereocenters. The quantitative estimate of drug-likeness (QED) is 0.876. The van der Waals surface area contributed by atoms with E-state index in [2.05, 4.69) is 4.98 Å². The first-order valence-electron chi connectivity index (χ1n) is 5.55. The SMILES string of the molecule is N#Cc1cc(CS(=O)(=O)c2ccc(N)c(Cl)c2)ccn1. The van der Waals surface area contributed by atoms with Crippen LogP contribution in [0.15, 0.2) is 41.4 Å².